The molecule has 0 saturated heterocycles. The number of carboxylic acids is 1. The molecule has 3 amide bonds. The Kier molecular flexibility index (Phi) is 14.6. The highest BCUT2D eigenvalue weighted by atomic mass is 16.6. The van der Waals surface area contributed by atoms with Crippen molar-refractivity contribution >= 4 is 23.9 Å². The molecular formula is C30H47N3O8. The van der Waals surface area contributed by atoms with Crippen LogP contribution in [0.5, 0.6) is 0 Å². The van der Waals surface area contributed by atoms with Gasteiger partial charge in [0.05, 0.1) is 31.8 Å². The number of hydrogen-bond acceptors (Lipinski definition) is 7. The summed E-state index contributed by atoms with van der Waals surface area (Å²) in [5.74, 6) is -1.96. The molecule has 0 heterocycles. The molecular weight excluding hydrogens is 530 g/mol. The van der Waals surface area contributed by atoms with Crippen LogP contribution in [0.15, 0.2) is 30.3 Å². The van der Waals surface area contributed by atoms with Gasteiger partial charge < -0.3 is 35.6 Å². The molecule has 0 aromatic heterocycles. The fourth-order valence-electron chi connectivity index (χ4n) is 4.81. The van der Waals surface area contributed by atoms with Crippen LogP contribution in [0.4, 0.5) is 4.79 Å². The van der Waals surface area contributed by atoms with Crippen molar-refractivity contribution in [1.82, 2.24) is 16.0 Å². The lowest BCUT2D eigenvalue weighted by atomic mass is 9.83. The topological polar surface area (TPSA) is 163 Å². The predicted molar refractivity (Wildman–Crippen MR) is 153 cm³/mol. The van der Waals surface area contributed by atoms with Crippen LogP contribution in [0.2, 0.25) is 0 Å². The van der Waals surface area contributed by atoms with E-state index >= 15 is 0 Å². The molecule has 41 heavy (non-hydrogen) atoms. The van der Waals surface area contributed by atoms with Crippen molar-refractivity contribution in [3.8, 4) is 0 Å². The Labute approximate surface area is 242 Å². The number of aliphatic hydroxyl groups is 1. The quantitative estimate of drug-likeness (QED) is 0.187. The second kappa shape index (κ2) is 17.6. The van der Waals surface area contributed by atoms with Crippen LogP contribution in [-0.4, -0.2) is 71.0 Å². The van der Waals surface area contributed by atoms with Gasteiger partial charge in [-0.3, -0.25) is 14.4 Å². The number of aliphatic hydroxyl groups excluding tert-OH is 1. The van der Waals surface area contributed by atoms with Crippen molar-refractivity contribution in [1.29, 1.82) is 0 Å². The van der Waals surface area contributed by atoms with Crippen molar-refractivity contribution in [3.63, 3.8) is 0 Å². The summed E-state index contributed by atoms with van der Waals surface area (Å²) in [6, 6.07) is 7.74. The van der Waals surface area contributed by atoms with E-state index in [0.717, 1.165) is 37.7 Å². The van der Waals surface area contributed by atoms with Crippen LogP contribution in [0.1, 0.15) is 84.1 Å². The van der Waals surface area contributed by atoms with Gasteiger partial charge in [-0.2, -0.15) is 0 Å². The SMILES string of the molecule is CC(C)(C)OC(=O)NC(CC1CCCCC1)C(O)CC(=O)N[C@@H](CCC(=O)O)C(=O)NCCOCc1ccccc1. The minimum absolute atomic E-state index is 0.116. The Morgan fingerprint density at radius 1 is 1.02 bits per heavy atom. The van der Waals surface area contributed by atoms with Crippen LogP contribution < -0.4 is 16.0 Å². The predicted octanol–water partition coefficient (Wildman–Crippen LogP) is 3.28. The summed E-state index contributed by atoms with van der Waals surface area (Å²) in [6.07, 6.45) is 3.08. The first kappa shape index (κ1) is 34.0. The van der Waals surface area contributed by atoms with Gasteiger partial charge >= 0.3 is 12.1 Å². The van der Waals surface area contributed by atoms with E-state index in [9.17, 15) is 24.3 Å². The van der Waals surface area contributed by atoms with Crippen LogP contribution in [0.3, 0.4) is 0 Å². The van der Waals surface area contributed by atoms with Crippen molar-refractivity contribution in [2.45, 2.75) is 109 Å². The van der Waals surface area contributed by atoms with E-state index in [1.54, 1.807) is 20.8 Å². The maximum absolute atomic E-state index is 12.9. The zero-order valence-electron chi connectivity index (χ0n) is 24.5. The first-order chi connectivity index (χ1) is 19.4. The Hall–Kier alpha value is -3.18. The number of carbonyl (C=O) groups excluding carboxylic acids is 3. The highest BCUT2D eigenvalue weighted by molar-refractivity contribution is 5.88. The van der Waals surface area contributed by atoms with E-state index in [4.69, 9.17) is 14.6 Å². The van der Waals surface area contributed by atoms with Gasteiger partial charge in [-0.1, -0.05) is 62.4 Å². The number of ether oxygens (including phenoxy) is 2. The second-order valence-electron chi connectivity index (χ2n) is 11.6. The monoisotopic (exact) mass is 577 g/mol. The zero-order chi connectivity index (χ0) is 30.3. The highest BCUT2D eigenvalue weighted by Gasteiger charge is 2.30. The number of rotatable bonds is 16. The molecule has 230 valence electrons. The molecule has 0 aliphatic heterocycles. The summed E-state index contributed by atoms with van der Waals surface area (Å²) < 4.78 is 10.9. The summed E-state index contributed by atoms with van der Waals surface area (Å²) in [7, 11) is 0. The summed E-state index contributed by atoms with van der Waals surface area (Å²) in [5.41, 5.74) is 0.269. The van der Waals surface area contributed by atoms with Gasteiger partial charge in [-0.05, 0) is 45.1 Å². The normalized spacial score (nSPS) is 16.2. The van der Waals surface area contributed by atoms with E-state index in [2.05, 4.69) is 16.0 Å². The number of alkyl carbamates (subject to hydrolysis) is 1. The number of carboxylic acid groups (broad SMARTS) is 1. The average molecular weight is 578 g/mol. The number of benzene rings is 1. The van der Waals surface area contributed by atoms with Crippen LogP contribution in [0, 0.1) is 5.92 Å². The van der Waals surface area contributed by atoms with Gasteiger partial charge in [0.1, 0.15) is 11.6 Å². The minimum Gasteiger partial charge on any atom is -0.481 e. The molecule has 0 spiro atoms. The first-order valence-corrected chi connectivity index (χ1v) is 14.5. The molecule has 3 atom stereocenters. The van der Waals surface area contributed by atoms with E-state index < -0.39 is 47.7 Å². The third kappa shape index (κ3) is 14.9. The lowest BCUT2D eigenvalue weighted by molar-refractivity contribution is -0.138. The van der Waals surface area contributed by atoms with Gasteiger partial charge in [0.25, 0.3) is 0 Å². The molecule has 1 aromatic rings. The maximum atomic E-state index is 12.9. The first-order valence-electron chi connectivity index (χ1n) is 14.5. The smallest absolute Gasteiger partial charge is 0.407 e. The minimum atomic E-state index is -1.22. The van der Waals surface area contributed by atoms with E-state index in [1.807, 2.05) is 30.3 Å². The molecule has 11 heteroatoms. The fourth-order valence-corrected chi connectivity index (χ4v) is 4.81. The molecule has 1 aromatic carbocycles. The molecule has 11 nitrogen and oxygen atoms in total. The average Bonchev–Trinajstić information content (AvgIpc) is 2.90. The second-order valence-corrected chi connectivity index (χ2v) is 11.6. The van der Waals surface area contributed by atoms with Gasteiger partial charge in [-0.25, -0.2) is 4.79 Å². The van der Waals surface area contributed by atoms with Crippen molar-refractivity contribution in [2.24, 2.45) is 5.92 Å². The Bertz CT molecular complexity index is 960. The van der Waals surface area contributed by atoms with Gasteiger partial charge in [0.15, 0.2) is 0 Å². The van der Waals surface area contributed by atoms with Gasteiger partial charge in [-0.15, -0.1) is 0 Å². The molecule has 2 rings (SSSR count). The lowest BCUT2D eigenvalue weighted by Gasteiger charge is -2.31. The Balaban J connectivity index is 1.93. The fraction of sp³-hybridized carbons (Fsp3) is 0.667. The Morgan fingerprint density at radius 3 is 2.34 bits per heavy atom. The van der Waals surface area contributed by atoms with Crippen molar-refractivity contribution in [3.05, 3.63) is 35.9 Å². The summed E-state index contributed by atoms with van der Waals surface area (Å²) in [5, 5.41) is 28.1. The molecule has 0 radical (unpaired) electrons. The van der Waals surface area contributed by atoms with Crippen molar-refractivity contribution < 1.29 is 38.9 Å². The highest BCUT2D eigenvalue weighted by Crippen LogP contribution is 2.28. The molecule has 0 bridgehead atoms. The molecule has 1 fully saturated rings. The standard InChI is InChI=1S/C30H47N3O8/c1-30(2,3)41-29(39)33-24(18-21-10-6-4-7-11-21)25(34)19-26(35)32-23(14-15-27(36)37)28(38)31-16-17-40-20-22-12-8-5-9-13-22/h5,8-9,12-13,21,23-25,34H,4,6-7,10-11,14-20H2,1-3H3,(H,31,38)(H,32,35)(H,33,39)(H,36,37)/t23-,24?,25?/m0/s1. The van der Waals surface area contributed by atoms with E-state index in [-0.39, 0.29) is 32.4 Å². The third-order valence-corrected chi connectivity index (χ3v) is 6.83. The molecule has 2 unspecified atom stereocenters. The van der Waals surface area contributed by atoms with Crippen LogP contribution in [-0.2, 0) is 30.5 Å². The van der Waals surface area contributed by atoms with Crippen LogP contribution >= 0.6 is 0 Å². The zero-order valence-corrected chi connectivity index (χ0v) is 24.5. The third-order valence-electron chi connectivity index (χ3n) is 6.83. The largest absolute Gasteiger partial charge is 0.481 e. The van der Waals surface area contributed by atoms with E-state index in [1.165, 1.54) is 0 Å². The molecule has 1 saturated carbocycles. The number of aliphatic carboxylic acids is 1. The molecule has 1 aliphatic carbocycles. The van der Waals surface area contributed by atoms with Crippen molar-refractivity contribution in [2.75, 3.05) is 13.2 Å². The van der Waals surface area contributed by atoms with E-state index in [0.29, 0.717) is 18.9 Å². The summed E-state index contributed by atoms with van der Waals surface area (Å²) in [6.45, 7) is 6.02. The molecule has 5 N–H and O–H groups in total. The molecule has 1 aliphatic rings. The Morgan fingerprint density at radius 2 is 1.71 bits per heavy atom. The maximum Gasteiger partial charge on any atom is 0.407 e. The number of amides is 3. The summed E-state index contributed by atoms with van der Waals surface area (Å²) in [4.78, 5) is 49.3. The summed E-state index contributed by atoms with van der Waals surface area (Å²) >= 11 is 0. The lowest BCUT2D eigenvalue weighted by Crippen LogP contribution is -2.51. The number of hydrogen-bond donors (Lipinski definition) is 5. The van der Waals surface area contributed by atoms with Gasteiger partial charge in [0, 0.05) is 13.0 Å². The van der Waals surface area contributed by atoms with Crippen LogP contribution in [0.25, 0.3) is 0 Å². The number of carbonyl (C=O) groups is 4. The number of nitrogens with one attached hydrogen (secondary N) is 3. The van der Waals surface area contributed by atoms with Gasteiger partial charge in [0.2, 0.25) is 11.8 Å².